The fourth-order valence-corrected chi connectivity index (χ4v) is 6.16. The Kier molecular flexibility index (Phi) is 11.3. The van der Waals surface area contributed by atoms with Gasteiger partial charge < -0.3 is 29.9 Å². The summed E-state index contributed by atoms with van der Waals surface area (Å²) in [5, 5.41) is 10.8. The van der Waals surface area contributed by atoms with Gasteiger partial charge in [0.05, 0.1) is 17.0 Å². The number of aromatic nitrogens is 3. The normalized spacial score (nSPS) is 13.5. The molecule has 0 unspecified atom stereocenters. The number of piperazine rings is 1. The molecule has 1 fully saturated rings. The van der Waals surface area contributed by atoms with Crippen molar-refractivity contribution in [3.63, 3.8) is 0 Å². The van der Waals surface area contributed by atoms with Gasteiger partial charge in [0.2, 0.25) is 5.91 Å². The molecule has 0 radical (unpaired) electrons. The number of aryl methyl sites for hydroxylation is 2. The van der Waals surface area contributed by atoms with Crippen molar-refractivity contribution in [1.29, 1.82) is 0 Å². The number of hydrogen-bond acceptors (Lipinski definition) is 10. The first-order chi connectivity index (χ1) is 20.2. The zero-order chi connectivity index (χ0) is 30.2. The Morgan fingerprint density at radius 3 is 2.55 bits per heavy atom. The van der Waals surface area contributed by atoms with Crippen molar-refractivity contribution in [2.45, 2.75) is 33.7 Å². The quantitative estimate of drug-likeness (QED) is 0.246. The molecule has 0 bridgehead atoms. The van der Waals surface area contributed by atoms with Crippen LogP contribution in [0.3, 0.4) is 0 Å². The number of hydrogen-bond donors (Lipinski definition) is 2. The molecule has 1 aliphatic rings. The van der Waals surface area contributed by atoms with Gasteiger partial charge in [0.15, 0.2) is 5.82 Å². The molecule has 42 heavy (non-hydrogen) atoms. The first-order valence-electron chi connectivity index (χ1n) is 14.3. The van der Waals surface area contributed by atoms with E-state index in [2.05, 4.69) is 56.8 Å². The van der Waals surface area contributed by atoms with Crippen LogP contribution in [0.2, 0.25) is 0 Å². The van der Waals surface area contributed by atoms with Gasteiger partial charge in [-0.2, -0.15) is 0 Å². The maximum atomic E-state index is 11.9. The van der Waals surface area contributed by atoms with Gasteiger partial charge in [-0.15, -0.1) is 0 Å². The molecule has 2 aromatic heterocycles. The number of likely N-dealkylation sites (N-methyl/N-ethyl adjacent to an activating group) is 1. The molecule has 0 spiro atoms. The summed E-state index contributed by atoms with van der Waals surface area (Å²) in [6.45, 7) is 11.7. The van der Waals surface area contributed by atoms with Gasteiger partial charge in [-0.05, 0) is 39.4 Å². The fraction of sp³-hybridized carbons (Fsp3) is 0.500. The highest BCUT2D eigenvalue weighted by Gasteiger charge is 2.26. The van der Waals surface area contributed by atoms with Crippen LogP contribution in [0.15, 0.2) is 28.8 Å². The van der Waals surface area contributed by atoms with E-state index in [9.17, 15) is 4.79 Å². The van der Waals surface area contributed by atoms with Crippen LogP contribution < -0.4 is 15.5 Å². The lowest BCUT2D eigenvalue weighted by molar-refractivity contribution is -0.128. The number of carbonyl (C=O) groups is 1. The Morgan fingerprint density at radius 1 is 1.12 bits per heavy atom. The molecule has 1 saturated heterocycles. The Balaban J connectivity index is 1.57. The van der Waals surface area contributed by atoms with E-state index in [1.165, 1.54) is 5.56 Å². The summed E-state index contributed by atoms with van der Waals surface area (Å²) in [4.78, 5) is 28.3. The van der Waals surface area contributed by atoms with Crippen LogP contribution in [-0.2, 0) is 11.3 Å². The SMILES string of the molecule is CNCCNCc1cccc(-c2nc(-c3c(C)noc3C)c(C)c(N3CCN(C(=S)SCCC(=O)N(C)C)CC3)n2)c1. The standard InChI is InChI=1S/C30H42N8O2S2/c1-20-27(26-21(2)35-40-22(26)3)33-28(24-9-7-8-23(18-24)19-32-12-11-31-4)34-29(20)37-13-15-38(16-14-37)30(41)42-17-10-25(39)36(5)6/h7-9,18,31-32H,10-17,19H2,1-6H3. The lowest BCUT2D eigenvalue weighted by atomic mass is 10.0. The van der Waals surface area contributed by atoms with Gasteiger partial charge in [0.25, 0.3) is 0 Å². The minimum Gasteiger partial charge on any atom is -0.361 e. The zero-order valence-electron chi connectivity index (χ0n) is 25.5. The second-order valence-electron chi connectivity index (χ2n) is 10.7. The minimum atomic E-state index is 0.120. The molecular weight excluding hydrogens is 569 g/mol. The average molecular weight is 611 g/mol. The highest BCUT2D eigenvalue weighted by atomic mass is 32.2. The van der Waals surface area contributed by atoms with E-state index in [-0.39, 0.29) is 5.91 Å². The number of nitrogens with one attached hydrogen (secondary N) is 2. The topological polar surface area (TPSA) is 103 Å². The fourth-order valence-electron chi connectivity index (χ4n) is 4.91. The predicted octanol–water partition coefficient (Wildman–Crippen LogP) is 3.65. The summed E-state index contributed by atoms with van der Waals surface area (Å²) in [5.41, 5.74) is 5.74. The number of anilines is 1. The summed E-state index contributed by atoms with van der Waals surface area (Å²) in [7, 11) is 5.51. The van der Waals surface area contributed by atoms with Crippen LogP contribution in [0.4, 0.5) is 5.82 Å². The summed E-state index contributed by atoms with van der Waals surface area (Å²) in [5.74, 6) is 3.16. The zero-order valence-corrected chi connectivity index (χ0v) is 27.1. The van der Waals surface area contributed by atoms with E-state index < -0.39 is 0 Å². The summed E-state index contributed by atoms with van der Waals surface area (Å²) in [6.07, 6.45) is 0.484. The highest BCUT2D eigenvalue weighted by molar-refractivity contribution is 8.22. The molecule has 1 aliphatic heterocycles. The van der Waals surface area contributed by atoms with Crippen LogP contribution in [-0.4, -0.2) is 101 Å². The third-order valence-corrected chi connectivity index (χ3v) is 8.86. The molecule has 0 atom stereocenters. The number of amides is 1. The lowest BCUT2D eigenvalue weighted by Gasteiger charge is -2.37. The van der Waals surface area contributed by atoms with Gasteiger partial charge in [0.1, 0.15) is 15.9 Å². The van der Waals surface area contributed by atoms with E-state index in [1.807, 2.05) is 20.9 Å². The molecule has 1 aromatic carbocycles. The van der Waals surface area contributed by atoms with Crippen molar-refractivity contribution in [3.05, 3.63) is 46.8 Å². The molecule has 4 rings (SSSR count). The van der Waals surface area contributed by atoms with Gasteiger partial charge in [-0.3, -0.25) is 4.79 Å². The van der Waals surface area contributed by atoms with E-state index in [0.717, 1.165) is 89.8 Å². The molecule has 226 valence electrons. The number of benzene rings is 1. The number of nitrogens with zero attached hydrogens (tertiary/aromatic N) is 6. The maximum absolute atomic E-state index is 11.9. The van der Waals surface area contributed by atoms with E-state index in [4.69, 9.17) is 26.7 Å². The Labute approximate surface area is 258 Å². The molecule has 2 N–H and O–H groups in total. The smallest absolute Gasteiger partial charge is 0.222 e. The first-order valence-corrected chi connectivity index (χ1v) is 15.7. The molecule has 3 heterocycles. The van der Waals surface area contributed by atoms with Crippen LogP contribution in [0.25, 0.3) is 22.6 Å². The Bertz CT molecular complexity index is 1370. The molecule has 10 nitrogen and oxygen atoms in total. The van der Waals surface area contributed by atoms with Crippen LogP contribution in [0.5, 0.6) is 0 Å². The summed E-state index contributed by atoms with van der Waals surface area (Å²) >= 11 is 7.29. The number of rotatable bonds is 11. The van der Waals surface area contributed by atoms with Crippen molar-refractivity contribution in [1.82, 2.24) is 35.6 Å². The first kappa shape index (κ1) is 31.9. The largest absolute Gasteiger partial charge is 0.361 e. The average Bonchev–Trinajstić information content (AvgIpc) is 3.32. The second kappa shape index (κ2) is 14.9. The molecule has 3 aromatic rings. The van der Waals surface area contributed by atoms with Crippen molar-refractivity contribution >= 4 is 40.0 Å². The molecule has 0 saturated carbocycles. The van der Waals surface area contributed by atoms with Crippen LogP contribution in [0.1, 0.15) is 29.0 Å². The van der Waals surface area contributed by atoms with Crippen molar-refractivity contribution < 1.29 is 9.32 Å². The van der Waals surface area contributed by atoms with Gasteiger partial charge in [0, 0.05) is 83.2 Å². The second-order valence-corrected chi connectivity index (χ2v) is 12.4. The van der Waals surface area contributed by atoms with Gasteiger partial charge in [-0.1, -0.05) is 47.3 Å². The predicted molar refractivity (Wildman–Crippen MR) is 175 cm³/mol. The number of thioether (sulfide) groups is 1. The van der Waals surface area contributed by atoms with E-state index in [1.54, 1.807) is 30.8 Å². The lowest BCUT2D eigenvalue weighted by Crippen LogP contribution is -2.48. The summed E-state index contributed by atoms with van der Waals surface area (Å²) in [6, 6.07) is 8.41. The third-order valence-electron chi connectivity index (χ3n) is 7.33. The molecule has 0 aliphatic carbocycles. The van der Waals surface area contributed by atoms with Gasteiger partial charge >= 0.3 is 0 Å². The van der Waals surface area contributed by atoms with Crippen molar-refractivity contribution in [2.75, 3.05) is 71.1 Å². The van der Waals surface area contributed by atoms with Crippen LogP contribution >= 0.6 is 24.0 Å². The molecular formula is C30H42N8O2S2. The highest BCUT2D eigenvalue weighted by Crippen LogP contribution is 2.35. The Hall–Kier alpha value is -3.06. The Morgan fingerprint density at radius 2 is 1.88 bits per heavy atom. The molecule has 1 amide bonds. The number of carbonyl (C=O) groups excluding carboxylic acids is 1. The molecule has 12 heteroatoms. The van der Waals surface area contributed by atoms with Crippen LogP contribution in [0, 0.1) is 20.8 Å². The van der Waals surface area contributed by atoms with Crippen molar-refractivity contribution in [3.8, 4) is 22.6 Å². The van der Waals surface area contributed by atoms with E-state index in [0.29, 0.717) is 18.0 Å². The van der Waals surface area contributed by atoms with Gasteiger partial charge in [-0.25, -0.2) is 9.97 Å². The number of thiocarbonyl (C=S) groups is 1. The summed E-state index contributed by atoms with van der Waals surface area (Å²) < 4.78 is 6.38. The minimum absolute atomic E-state index is 0.120. The van der Waals surface area contributed by atoms with E-state index >= 15 is 0 Å². The van der Waals surface area contributed by atoms with Crippen molar-refractivity contribution in [2.24, 2.45) is 0 Å². The monoisotopic (exact) mass is 610 g/mol. The maximum Gasteiger partial charge on any atom is 0.222 e. The third kappa shape index (κ3) is 7.85.